The van der Waals surface area contributed by atoms with Gasteiger partial charge in [-0.3, -0.25) is 10.1 Å². The van der Waals surface area contributed by atoms with Crippen LogP contribution in [0.25, 0.3) is 0 Å². The van der Waals surface area contributed by atoms with E-state index in [0.29, 0.717) is 18.4 Å². The van der Waals surface area contributed by atoms with E-state index in [0.717, 1.165) is 24.9 Å². The van der Waals surface area contributed by atoms with Gasteiger partial charge in [0.15, 0.2) is 0 Å². The van der Waals surface area contributed by atoms with Gasteiger partial charge in [0.25, 0.3) is 5.69 Å². The molecule has 1 aromatic rings. The zero-order chi connectivity index (χ0) is 14.4. The summed E-state index contributed by atoms with van der Waals surface area (Å²) < 4.78 is 0. The summed E-state index contributed by atoms with van der Waals surface area (Å²) in [7, 11) is 0. The number of benzene rings is 1. The number of rotatable bonds is 6. The number of hydrogen-bond donors (Lipinski definition) is 2. The first-order chi connectivity index (χ1) is 9.70. The van der Waals surface area contributed by atoms with Crippen LogP contribution in [0.1, 0.15) is 31.2 Å². The Bertz CT molecular complexity index is 450. The zero-order valence-electron chi connectivity index (χ0n) is 11.6. The lowest BCUT2D eigenvalue weighted by atomic mass is 9.79. The van der Waals surface area contributed by atoms with Gasteiger partial charge in [-0.25, -0.2) is 0 Å². The summed E-state index contributed by atoms with van der Waals surface area (Å²) in [4.78, 5) is 10.3. The van der Waals surface area contributed by atoms with Gasteiger partial charge < -0.3 is 10.4 Å². The van der Waals surface area contributed by atoms with Crippen molar-refractivity contribution in [1.29, 1.82) is 0 Å². The summed E-state index contributed by atoms with van der Waals surface area (Å²) in [6, 6.07) is 6.72. The molecule has 110 valence electrons. The largest absolute Gasteiger partial charge is 0.396 e. The van der Waals surface area contributed by atoms with Crippen molar-refractivity contribution in [1.82, 2.24) is 5.32 Å². The van der Waals surface area contributed by atoms with Crippen LogP contribution in [0.3, 0.4) is 0 Å². The van der Waals surface area contributed by atoms with Crippen LogP contribution in [0.15, 0.2) is 24.3 Å². The van der Waals surface area contributed by atoms with Crippen LogP contribution < -0.4 is 5.32 Å². The average molecular weight is 278 g/mol. The van der Waals surface area contributed by atoms with E-state index in [9.17, 15) is 15.2 Å². The topological polar surface area (TPSA) is 75.4 Å². The Kier molecular flexibility index (Phi) is 5.49. The third kappa shape index (κ3) is 4.02. The van der Waals surface area contributed by atoms with Gasteiger partial charge in [-0.1, -0.05) is 25.0 Å². The molecule has 0 aliphatic heterocycles. The molecule has 1 aliphatic carbocycles. The molecular formula is C15H22N2O3. The fourth-order valence-electron chi connectivity index (χ4n) is 2.98. The van der Waals surface area contributed by atoms with Crippen LogP contribution in [-0.4, -0.2) is 23.2 Å². The number of aliphatic hydroxyl groups excluding tert-OH is 1. The molecule has 5 nitrogen and oxygen atoms in total. The monoisotopic (exact) mass is 278 g/mol. The first-order valence-electron chi connectivity index (χ1n) is 7.25. The number of hydrogen-bond acceptors (Lipinski definition) is 4. The minimum Gasteiger partial charge on any atom is -0.396 e. The third-order valence-corrected chi connectivity index (χ3v) is 4.16. The molecule has 2 N–H and O–H groups in total. The highest BCUT2D eigenvalue weighted by Gasteiger charge is 2.23. The SMILES string of the molecule is O=[N+]([O-])c1cccc(CNCC2CCCCC2CO)c1. The zero-order valence-corrected chi connectivity index (χ0v) is 11.6. The van der Waals surface area contributed by atoms with Crippen molar-refractivity contribution in [2.45, 2.75) is 32.2 Å². The highest BCUT2D eigenvalue weighted by atomic mass is 16.6. The molecule has 0 amide bonds. The van der Waals surface area contributed by atoms with Gasteiger partial charge in [-0.05, 0) is 36.8 Å². The van der Waals surface area contributed by atoms with Crippen molar-refractivity contribution in [3.05, 3.63) is 39.9 Å². The number of non-ortho nitro benzene ring substituents is 1. The summed E-state index contributed by atoms with van der Waals surface area (Å²) in [6.07, 6.45) is 4.72. The maximum atomic E-state index is 10.7. The molecule has 2 rings (SSSR count). The van der Waals surface area contributed by atoms with Gasteiger partial charge in [-0.15, -0.1) is 0 Å². The molecule has 0 heterocycles. The lowest BCUT2D eigenvalue weighted by Crippen LogP contribution is -2.32. The molecule has 1 fully saturated rings. The lowest BCUT2D eigenvalue weighted by Gasteiger charge is -2.30. The molecule has 0 saturated heterocycles. The van der Waals surface area contributed by atoms with Crippen LogP contribution in [0.4, 0.5) is 5.69 Å². The average Bonchev–Trinajstić information content (AvgIpc) is 2.48. The predicted octanol–water partition coefficient (Wildman–Crippen LogP) is 2.48. The number of nitro groups is 1. The number of nitro benzene ring substituents is 1. The molecule has 20 heavy (non-hydrogen) atoms. The van der Waals surface area contributed by atoms with Gasteiger partial charge in [0.2, 0.25) is 0 Å². The first kappa shape index (κ1) is 14.9. The van der Waals surface area contributed by atoms with E-state index >= 15 is 0 Å². The molecular weight excluding hydrogens is 256 g/mol. The molecule has 0 radical (unpaired) electrons. The number of aliphatic hydroxyl groups is 1. The summed E-state index contributed by atoms with van der Waals surface area (Å²) in [5.41, 5.74) is 1.06. The maximum Gasteiger partial charge on any atom is 0.269 e. The van der Waals surface area contributed by atoms with E-state index in [1.807, 2.05) is 6.07 Å². The summed E-state index contributed by atoms with van der Waals surface area (Å²) in [6.45, 7) is 1.77. The molecule has 1 aliphatic rings. The molecule has 1 aromatic carbocycles. The highest BCUT2D eigenvalue weighted by Crippen LogP contribution is 2.29. The first-order valence-corrected chi connectivity index (χ1v) is 7.25. The smallest absolute Gasteiger partial charge is 0.269 e. The quantitative estimate of drug-likeness (QED) is 0.619. The second kappa shape index (κ2) is 7.36. The van der Waals surface area contributed by atoms with Gasteiger partial charge >= 0.3 is 0 Å². The molecule has 0 spiro atoms. The summed E-state index contributed by atoms with van der Waals surface area (Å²) in [5, 5.41) is 23.5. The molecule has 0 aromatic heterocycles. The van der Waals surface area contributed by atoms with Crippen molar-refractivity contribution in [2.24, 2.45) is 11.8 Å². The second-order valence-electron chi connectivity index (χ2n) is 5.55. The van der Waals surface area contributed by atoms with Crippen molar-refractivity contribution in [2.75, 3.05) is 13.2 Å². The van der Waals surface area contributed by atoms with E-state index in [1.54, 1.807) is 12.1 Å². The lowest BCUT2D eigenvalue weighted by molar-refractivity contribution is -0.384. The second-order valence-corrected chi connectivity index (χ2v) is 5.55. The Labute approximate surface area is 119 Å². The van der Waals surface area contributed by atoms with Gasteiger partial charge in [-0.2, -0.15) is 0 Å². The van der Waals surface area contributed by atoms with E-state index in [-0.39, 0.29) is 17.2 Å². The predicted molar refractivity (Wildman–Crippen MR) is 77.3 cm³/mol. The van der Waals surface area contributed by atoms with E-state index in [2.05, 4.69) is 5.32 Å². The molecule has 5 heteroatoms. The van der Waals surface area contributed by atoms with E-state index < -0.39 is 0 Å². The standard InChI is InChI=1S/C15H22N2O3/c18-11-14-6-2-1-5-13(14)10-16-9-12-4-3-7-15(8-12)17(19)20/h3-4,7-8,13-14,16,18H,1-2,5-6,9-11H2. The Hall–Kier alpha value is -1.46. The van der Waals surface area contributed by atoms with E-state index in [1.165, 1.54) is 18.9 Å². The molecule has 2 unspecified atom stereocenters. The van der Waals surface area contributed by atoms with Crippen LogP contribution >= 0.6 is 0 Å². The van der Waals surface area contributed by atoms with E-state index in [4.69, 9.17) is 0 Å². The highest BCUT2D eigenvalue weighted by molar-refractivity contribution is 5.34. The van der Waals surface area contributed by atoms with Gasteiger partial charge in [0.1, 0.15) is 0 Å². The number of nitrogens with zero attached hydrogens (tertiary/aromatic N) is 1. The fraction of sp³-hybridized carbons (Fsp3) is 0.600. The Morgan fingerprint density at radius 3 is 2.75 bits per heavy atom. The van der Waals surface area contributed by atoms with Crippen LogP contribution in [0, 0.1) is 22.0 Å². The van der Waals surface area contributed by atoms with Crippen molar-refractivity contribution >= 4 is 5.69 Å². The van der Waals surface area contributed by atoms with Crippen molar-refractivity contribution in [3.63, 3.8) is 0 Å². The van der Waals surface area contributed by atoms with Gasteiger partial charge in [0, 0.05) is 25.3 Å². The molecule has 1 saturated carbocycles. The Morgan fingerprint density at radius 1 is 1.30 bits per heavy atom. The minimum atomic E-state index is -0.369. The summed E-state index contributed by atoms with van der Waals surface area (Å²) in [5.74, 6) is 0.925. The maximum absolute atomic E-state index is 10.7. The van der Waals surface area contributed by atoms with Crippen molar-refractivity contribution < 1.29 is 10.0 Å². The fourth-order valence-corrected chi connectivity index (χ4v) is 2.98. The van der Waals surface area contributed by atoms with Crippen LogP contribution in [0.5, 0.6) is 0 Å². The van der Waals surface area contributed by atoms with Gasteiger partial charge in [0.05, 0.1) is 4.92 Å². The molecule has 2 atom stereocenters. The van der Waals surface area contributed by atoms with Crippen molar-refractivity contribution in [3.8, 4) is 0 Å². The minimum absolute atomic E-state index is 0.134. The third-order valence-electron chi connectivity index (χ3n) is 4.16. The molecule has 0 bridgehead atoms. The van der Waals surface area contributed by atoms with Crippen LogP contribution in [0.2, 0.25) is 0 Å². The Morgan fingerprint density at radius 2 is 2.05 bits per heavy atom. The van der Waals surface area contributed by atoms with Crippen LogP contribution in [-0.2, 0) is 6.54 Å². The number of nitrogens with one attached hydrogen (secondary N) is 1. The Balaban J connectivity index is 1.83. The summed E-state index contributed by atoms with van der Waals surface area (Å²) >= 11 is 0. The normalized spacial score (nSPS) is 22.6.